The molecule has 1 aliphatic rings. The fourth-order valence-electron chi connectivity index (χ4n) is 1.98. The van der Waals surface area contributed by atoms with E-state index in [1.807, 2.05) is 0 Å². The van der Waals surface area contributed by atoms with Crippen molar-refractivity contribution in [2.45, 2.75) is 19.3 Å². The first kappa shape index (κ1) is 10.3. The number of carbonyl (C=O) groups is 1. The molecule has 1 saturated carbocycles. The molecule has 2 unspecified atom stereocenters. The van der Waals surface area contributed by atoms with Gasteiger partial charge in [0, 0.05) is 6.54 Å². The summed E-state index contributed by atoms with van der Waals surface area (Å²) < 4.78 is 0. The Morgan fingerprint density at radius 3 is 3.00 bits per heavy atom. The lowest BCUT2D eigenvalue weighted by molar-refractivity contribution is -0.142. The highest BCUT2D eigenvalue weighted by Gasteiger charge is 2.32. The Balaban J connectivity index is 2.31. The molecule has 74 valence electrons. The third-order valence-corrected chi connectivity index (χ3v) is 2.67. The van der Waals surface area contributed by atoms with Crippen LogP contribution in [0.2, 0.25) is 0 Å². The molecule has 1 rings (SSSR count). The Kier molecular flexibility index (Phi) is 3.96. The van der Waals surface area contributed by atoms with Crippen molar-refractivity contribution in [3.05, 3.63) is 12.7 Å². The van der Waals surface area contributed by atoms with Crippen LogP contribution in [0.1, 0.15) is 19.3 Å². The number of carboxylic acids is 1. The van der Waals surface area contributed by atoms with Crippen molar-refractivity contribution in [1.29, 1.82) is 0 Å². The summed E-state index contributed by atoms with van der Waals surface area (Å²) in [6, 6.07) is 0. The van der Waals surface area contributed by atoms with E-state index in [0.29, 0.717) is 5.92 Å². The van der Waals surface area contributed by atoms with Crippen LogP contribution in [0.15, 0.2) is 12.7 Å². The summed E-state index contributed by atoms with van der Waals surface area (Å²) in [5, 5.41) is 12.1. The highest BCUT2D eigenvalue weighted by molar-refractivity contribution is 5.70. The fourth-order valence-corrected chi connectivity index (χ4v) is 1.98. The molecule has 3 heteroatoms. The number of hydrogen-bond acceptors (Lipinski definition) is 2. The summed E-state index contributed by atoms with van der Waals surface area (Å²) in [7, 11) is 0. The van der Waals surface area contributed by atoms with Gasteiger partial charge in [0.05, 0.1) is 5.92 Å². The average Bonchev–Trinajstić information content (AvgIpc) is 2.53. The molecule has 2 N–H and O–H groups in total. The van der Waals surface area contributed by atoms with Crippen LogP contribution in [-0.2, 0) is 4.79 Å². The average molecular weight is 183 g/mol. The van der Waals surface area contributed by atoms with Gasteiger partial charge in [-0.1, -0.05) is 12.5 Å². The van der Waals surface area contributed by atoms with Gasteiger partial charge in [0.1, 0.15) is 0 Å². The van der Waals surface area contributed by atoms with Crippen molar-refractivity contribution in [1.82, 2.24) is 5.32 Å². The van der Waals surface area contributed by atoms with Gasteiger partial charge in [0.25, 0.3) is 0 Å². The molecule has 0 bridgehead atoms. The van der Waals surface area contributed by atoms with Crippen LogP contribution in [-0.4, -0.2) is 24.2 Å². The monoisotopic (exact) mass is 183 g/mol. The Bertz CT molecular complexity index is 191. The van der Waals surface area contributed by atoms with E-state index in [9.17, 15) is 4.79 Å². The second-order valence-corrected chi connectivity index (χ2v) is 3.58. The highest BCUT2D eigenvalue weighted by Crippen LogP contribution is 2.31. The molecule has 0 radical (unpaired) electrons. The van der Waals surface area contributed by atoms with Gasteiger partial charge in [-0.2, -0.15) is 0 Å². The molecule has 0 amide bonds. The van der Waals surface area contributed by atoms with E-state index < -0.39 is 5.97 Å². The second-order valence-electron chi connectivity index (χ2n) is 3.58. The van der Waals surface area contributed by atoms with Gasteiger partial charge in [-0.3, -0.25) is 4.79 Å². The number of carboxylic acid groups (broad SMARTS) is 1. The Morgan fingerprint density at radius 2 is 2.38 bits per heavy atom. The molecular weight excluding hydrogens is 166 g/mol. The lowest BCUT2D eigenvalue weighted by Crippen LogP contribution is -2.29. The first-order chi connectivity index (χ1) is 6.25. The summed E-state index contributed by atoms with van der Waals surface area (Å²) >= 11 is 0. The molecule has 3 nitrogen and oxygen atoms in total. The maximum Gasteiger partial charge on any atom is 0.306 e. The molecule has 0 saturated heterocycles. The van der Waals surface area contributed by atoms with Crippen molar-refractivity contribution >= 4 is 5.97 Å². The smallest absolute Gasteiger partial charge is 0.306 e. The predicted octanol–water partition coefficient (Wildman–Crippen LogP) is 1.26. The van der Waals surface area contributed by atoms with E-state index in [0.717, 1.165) is 32.4 Å². The minimum Gasteiger partial charge on any atom is -0.481 e. The standard InChI is InChI=1S/C10H17NO2/c1-2-6-11-7-8-4-3-5-9(8)10(12)13/h2,8-9,11H,1,3-7H2,(H,12,13). The lowest BCUT2D eigenvalue weighted by Gasteiger charge is -2.15. The first-order valence-corrected chi connectivity index (χ1v) is 4.80. The molecule has 13 heavy (non-hydrogen) atoms. The van der Waals surface area contributed by atoms with Gasteiger partial charge < -0.3 is 10.4 Å². The molecule has 0 aromatic rings. The van der Waals surface area contributed by atoms with Gasteiger partial charge in [-0.15, -0.1) is 6.58 Å². The zero-order valence-electron chi connectivity index (χ0n) is 7.83. The summed E-state index contributed by atoms with van der Waals surface area (Å²) in [4.78, 5) is 10.8. The van der Waals surface area contributed by atoms with Crippen LogP contribution in [0, 0.1) is 11.8 Å². The third kappa shape index (κ3) is 2.84. The lowest BCUT2D eigenvalue weighted by atomic mass is 9.96. The quantitative estimate of drug-likeness (QED) is 0.498. The largest absolute Gasteiger partial charge is 0.481 e. The van der Waals surface area contributed by atoms with E-state index in [1.54, 1.807) is 6.08 Å². The molecule has 1 aliphatic carbocycles. The van der Waals surface area contributed by atoms with Crippen LogP contribution < -0.4 is 5.32 Å². The van der Waals surface area contributed by atoms with Gasteiger partial charge in [-0.25, -0.2) is 0 Å². The number of hydrogen-bond donors (Lipinski definition) is 2. The van der Waals surface area contributed by atoms with Crippen LogP contribution in [0.25, 0.3) is 0 Å². The SMILES string of the molecule is C=CCNCC1CCCC1C(=O)O. The summed E-state index contributed by atoms with van der Waals surface area (Å²) in [6.45, 7) is 5.18. The Morgan fingerprint density at radius 1 is 1.62 bits per heavy atom. The Hall–Kier alpha value is -0.830. The number of aliphatic carboxylic acids is 1. The normalized spacial score (nSPS) is 27.4. The molecule has 0 aromatic carbocycles. The van der Waals surface area contributed by atoms with Crippen molar-refractivity contribution < 1.29 is 9.90 Å². The predicted molar refractivity (Wildman–Crippen MR) is 51.5 cm³/mol. The van der Waals surface area contributed by atoms with E-state index >= 15 is 0 Å². The van der Waals surface area contributed by atoms with Crippen molar-refractivity contribution in [3.63, 3.8) is 0 Å². The first-order valence-electron chi connectivity index (χ1n) is 4.80. The maximum atomic E-state index is 10.8. The molecule has 1 fully saturated rings. The van der Waals surface area contributed by atoms with Crippen LogP contribution in [0.4, 0.5) is 0 Å². The van der Waals surface area contributed by atoms with Gasteiger partial charge in [-0.05, 0) is 25.3 Å². The summed E-state index contributed by atoms with van der Waals surface area (Å²) in [6.07, 6.45) is 4.74. The molecule has 0 aliphatic heterocycles. The molecule has 2 atom stereocenters. The fraction of sp³-hybridized carbons (Fsp3) is 0.700. The molecular formula is C10H17NO2. The summed E-state index contributed by atoms with van der Waals surface area (Å²) in [5.74, 6) is -0.447. The van der Waals surface area contributed by atoms with E-state index in [2.05, 4.69) is 11.9 Å². The maximum absolute atomic E-state index is 10.8. The Labute approximate surface area is 78.8 Å². The minimum atomic E-state index is -0.636. The van der Waals surface area contributed by atoms with Gasteiger partial charge in [0.2, 0.25) is 0 Å². The highest BCUT2D eigenvalue weighted by atomic mass is 16.4. The van der Waals surface area contributed by atoms with Crippen molar-refractivity contribution in [2.24, 2.45) is 11.8 Å². The molecule has 0 aromatic heterocycles. The third-order valence-electron chi connectivity index (χ3n) is 2.67. The van der Waals surface area contributed by atoms with E-state index in [-0.39, 0.29) is 5.92 Å². The van der Waals surface area contributed by atoms with Gasteiger partial charge >= 0.3 is 5.97 Å². The zero-order valence-corrected chi connectivity index (χ0v) is 7.83. The van der Waals surface area contributed by atoms with E-state index in [1.165, 1.54) is 0 Å². The minimum absolute atomic E-state index is 0.127. The van der Waals surface area contributed by atoms with Gasteiger partial charge in [0.15, 0.2) is 0 Å². The van der Waals surface area contributed by atoms with Crippen molar-refractivity contribution in [2.75, 3.05) is 13.1 Å². The number of rotatable bonds is 5. The topological polar surface area (TPSA) is 49.3 Å². The second kappa shape index (κ2) is 5.02. The van der Waals surface area contributed by atoms with Crippen LogP contribution in [0.5, 0.6) is 0 Å². The van der Waals surface area contributed by atoms with E-state index in [4.69, 9.17) is 5.11 Å². The zero-order chi connectivity index (χ0) is 9.68. The number of nitrogens with one attached hydrogen (secondary N) is 1. The molecule has 0 spiro atoms. The van der Waals surface area contributed by atoms with Crippen molar-refractivity contribution in [3.8, 4) is 0 Å². The van der Waals surface area contributed by atoms with Crippen LogP contribution >= 0.6 is 0 Å². The summed E-state index contributed by atoms with van der Waals surface area (Å²) in [5.41, 5.74) is 0. The molecule has 0 heterocycles. The van der Waals surface area contributed by atoms with Crippen LogP contribution in [0.3, 0.4) is 0 Å².